The zero-order valence-electron chi connectivity index (χ0n) is 14.5. The average Bonchev–Trinajstić information content (AvgIpc) is 2.45. The summed E-state index contributed by atoms with van der Waals surface area (Å²) in [6, 6.07) is 0. The van der Waals surface area contributed by atoms with Gasteiger partial charge in [-0.25, -0.2) is 0 Å². The van der Waals surface area contributed by atoms with Crippen LogP contribution in [-0.2, 0) is 0 Å². The average molecular weight is 440 g/mol. The van der Waals surface area contributed by atoms with Gasteiger partial charge in [-0.15, -0.1) is 24.0 Å². The number of aliphatic imine (C=N–C) groups is 1. The van der Waals surface area contributed by atoms with E-state index in [2.05, 4.69) is 37.5 Å². The lowest BCUT2D eigenvalue weighted by Crippen LogP contribution is -2.53. The van der Waals surface area contributed by atoms with Gasteiger partial charge in [-0.05, 0) is 32.1 Å². The highest BCUT2D eigenvalue weighted by Crippen LogP contribution is 2.27. The van der Waals surface area contributed by atoms with Gasteiger partial charge in [0.2, 0.25) is 0 Å². The molecule has 0 spiro atoms. The van der Waals surface area contributed by atoms with Gasteiger partial charge in [0.1, 0.15) is 0 Å². The van der Waals surface area contributed by atoms with Crippen LogP contribution in [-0.4, -0.2) is 65.5 Å². The maximum Gasteiger partial charge on any atom is 0.191 e. The van der Waals surface area contributed by atoms with E-state index in [-0.39, 0.29) is 29.5 Å². The van der Waals surface area contributed by atoms with Crippen molar-refractivity contribution in [1.29, 1.82) is 0 Å². The number of thioether (sulfide) groups is 1. The fraction of sp³-hybridized carbons (Fsp3) is 0.938. The monoisotopic (exact) mass is 440 g/mol. The van der Waals surface area contributed by atoms with Crippen LogP contribution in [0.2, 0.25) is 0 Å². The lowest BCUT2D eigenvalue weighted by atomic mass is 9.88. The van der Waals surface area contributed by atoms with Gasteiger partial charge in [0.05, 0.1) is 6.54 Å². The summed E-state index contributed by atoms with van der Waals surface area (Å²) < 4.78 is 0. The molecule has 130 valence electrons. The van der Waals surface area contributed by atoms with Crippen molar-refractivity contribution in [3.8, 4) is 0 Å². The number of nitrogens with two attached hydrogens (primary N) is 1. The van der Waals surface area contributed by atoms with Crippen LogP contribution in [0.4, 0.5) is 0 Å². The van der Waals surface area contributed by atoms with Crippen LogP contribution in [0.1, 0.15) is 34.1 Å². The molecule has 0 aromatic heterocycles. The van der Waals surface area contributed by atoms with Crippen LogP contribution in [0.5, 0.6) is 0 Å². The molecule has 0 aromatic rings. The molecule has 2 fully saturated rings. The molecular formula is C16H33IN4S. The van der Waals surface area contributed by atoms with E-state index in [9.17, 15) is 0 Å². The first-order chi connectivity index (χ1) is 9.88. The SMILES string of the molecule is CC1CC(C)CN(C(C)(C)CN=C(N)N2CCSCC2)C1.I. The summed E-state index contributed by atoms with van der Waals surface area (Å²) >= 11 is 2.00. The van der Waals surface area contributed by atoms with Gasteiger partial charge in [-0.2, -0.15) is 11.8 Å². The second-order valence-electron chi connectivity index (χ2n) is 7.44. The Bertz CT molecular complexity index is 359. The summed E-state index contributed by atoms with van der Waals surface area (Å²) in [5.74, 6) is 4.64. The Balaban J connectivity index is 0.00000242. The first-order valence-corrected chi connectivity index (χ1v) is 9.41. The van der Waals surface area contributed by atoms with Gasteiger partial charge in [0.25, 0.3) is 0 Å². The minimum Gasteiger partial charge on any atom is -0.370 e. The molecule has 2 aliphatic heterocycles. The summed E-state index contributed by atoms with van der Waals surface area (Å²) in [5, 5.41) is 0. The maximum atomic E-state index is 6.19. The molecule has 0 radical (unpaired) electrons. The number of piperidine rings is 1. The number of hydrogen-bond acceptors (Lipinski definition) is 3. The number of rotatable bonds is 3. The van der Waals surface area contributed by atoms with Gasteiger partial charge in [0.15, 0.2) is 5.96 Å². The van der Waals surface area contributed by atoms with Crippen molar-refractivity contribution in [2.75, 3.05) is 44.2 Å². The van der Waals surface area contributed by atoms with Crippen molar-refractivity contribution in [1.82, 2.24) is 9.80 Å². The van der Waals surface area contributed by atoms with Crippen LogP contribution in [0.3, 0.4) is 0 Å². The molecule has 0 amide bonds. The van der Waals surface area contributed by atoms with Gasteiger partial charge in [-0.3, -0.25) is 9.89 Å². The molecule has 0 aromatic carbocycles. The minimum atomic E-state index is 0. The van der Waals surface area contributed by atoms with Crippen LogP contribution >= 0.6 is 35.7 Å². The molecule has 6 heteroatoms. The summed E-state index contributed by atoms with van der Waals surface area (Å²) in [4.78, 5) is 9.55. The molecule has 4 nitrogen and oxygen atoms in total. The third-order valence-electron chi connectivity index (χ3n) is 4.69. The third-order valence-corrected chi connectivity index (χ3v) is 5.63. The van der Waals surface area contributed by atoms with Crippen LogP contribution in [0.25, 0.3) is 0 Å². The van der Waals surface area contributed by atoms with Crippen molar-refractivity contribution in [3.05, 3.63) is 0 Å². The van der Waals surface area contributed by atoms with E-state index < -0.39 is 0 Å². The Morgan fingerprint density at radius 1 is 1.18 bits per heavy atom. The van der Waals surface area contributed by atoms with E-state index in [0.29, 0.717) is 0 Å². The van der Waals surface area contributed by atoms with Crippen LogP contribution in [0.15, 0.2) is 4.99 Å². The number of likely N-dealkylation sites (tertiary alicyclic amines) is 1. The number of hydrogen-bond donors (Lipinski definition) is 1. The Hall–Kier alpha value is 0.310. The summed E-state index contributed by atoms with van der Waals surface area (Å²) in [7, 11) is 0. The normalized spacial score (nSPS) is 28.4. The number of guanidine groups is 1. The lowest BCUT2D eigenvalue weighted by molar-refractivity contribution is 0.0511. The second-order valence-corrected chi connectivity index (χ2v) is 8.66. The van der Waals surface area contributed by atoms with E-state index in [1.165, 1.54) is 31.0 Å². The fourth-order valence-corrected chi connectivity index (χ4v) is 4.33. The first kappa shape index (κ1) is 20.4. The van der Waals surface area contributed by atoms with E-state index in [0.717, 1.165) is 37.4 Å². The fourth-order valence-electron chi connectivity index (χ4n) is 3.42. The number of nitrogens with zero attached hydrogens (tertiary/aromatic N) is 3. The van der Waals surface area contributed by atoms with Crippen LogP contribution < -0.4 is 5.73 Å². The van der Waals surface area contributed by atoms with E-state index in [1.807, 2.05) is 11.8 Å². The maximum absolute atomic E-state index is 6.19. The zero-order valence-corrected chi connectivity index (χ0v) is 17.7. The highest BCUT2D eigenvalue weighted by molar-refractivity contribution is 14.0. The molecule has 2 aliphatic rings. The van der Waals surface area contributed by atoms with Crippen molar-refractivity contribution >= 4 is 41.7 Å². The Kier molecular flexibility index (Phi) is 8.30. The van der Waals surface area contributed by atoms with E-state index in [4.69, 9.17) is 10.7 Å². The van der Waals surface area contributed by atoms with Gasteiger partial charge >= 0.3 is 0 Å². The van der Waals surface area contributed by atoms with Gasteiger partial charge < -0.3 is 10.6 Å². The zero-order chi connectivity index (χ0) is 15.5. The quantitative estimate of drug-likeness (QED) is 0.417. The highest BCUT2D eigenvalue weighted by Gasteiger charge is 2.32. The summed E-state index contributed by atoms with van der Waals surface area (Å²) in [6.07, 6.45) is 1.35. The van der Waals surface area contributed by atoms with Crippen molar-refractivity contribution < 1.29 is 0 Å². The topological polar surface area (TPSA) is 44.9 Å². The Morgan fingerprint density at radius 3 is 2.27 bits per heavy atom. The van der Waals surface area contributed by atoms with Crippen molar-refractivity contribution in [2.45, 2.75) is 39.7 Å². The summed E-state index contributed by atoms with van der Waals surface area (Å²) in [5.41, 5.74) is 6.28. The molecule has 0 aliphatic carbocycles. The molecule has 2 rings (SSSR count). The predicted octanol–water partition coefficient (Wildman–Crippen LogP) is 2.72. The predicted molar refractivity (Wildman–Crippen MR) is 109 cm³/mol. The molecule has 2 saturated heterocycles. The molecule has 22 heavy (non-hydrogen) atoms. The van der Waals surface area contributed by atoms with Crippen molar-refractivity contribution in [3.63, 3.8) is 0 Å². The third kappa shape index (κ3) is 5.74. The second kappa shape index (κ2) is 8.97. The first-order valence-electron chi connectivity index (χ1n) is 8.26. The van der Waals surface area contributed by atoms with E-state index >= 15 is 0 Å². The number of halogens is 1. The molecule has 2 unspecified atom stereocenters. The molecule has 2 N–H and O–H groups in total. The summed E-state index contributed by atoms with van der Waals surface area (Å²) in [6.45, 7) is 14.6. The minimum absolute atomic E-state index is 0. The molecular weight excluding hydrogens is 407 g/mol. The largest absolute Gasteiger partial charge is 0.370 e. The molecule has 0 saturated carbocycles. The van der Waals surface area contributed by atoms with Crippen LogP contribution in [0, 0.1) is 11.8 Å². The highest BCUT2D eigenvalue weighted by atomic mass is 127. The molecule has 0 bridgehead atoms. The smallest absolute Gasteiger partial charge is 0.191 e. The van der Waals surface area contributed by atoms with Gasteiger partial charge in [0, 0.05) is 43.2 Å². The van der Waals surface area contributed by atoms with Crippen molar-refractivity contribution in [2.24, 2.45) is 22.6 Å². The lowest BCUT2D eigenvalue weighted by Gasteiger charge is -2.44. The molecule has 2 atom stereocenters. The van der Waals surface area contributed by atoms with E-state index in [1.54, 1.807) is 0 Å². The Labute approximate surface area is 157 Å². The van der Waals surface area contributed by atoms with Gasteiger partial charge in [-0.1, -0.05) is 13.8 Å². The molecule has 2 heterocycles. The Morgan fingerprint density at radius 2 is 1.73 bits per heavy atom. The standard InChI is InChI=1S/C16H32N4S.HI/c1-13-9-14(2)11-20(10-13)16(3,4)12-18-15(17)19-5-7-21-8-6-19;/h13-14H,5-12H2,1-4H3,(H2,17,18);1H.